The molecular weight excluding hydrogens is 200 g/mol. The molecule has 0 amide bonds. The molecule has 3 nitrogen and oxygen atoms in total. The molecule has 1 N–H and O–H groups in total. The number of nitrogens with zero attached hydrogens (tertiary/aromatic N) is 1. The Kier molecular flexibility index (Phi) is 2.03. The molecule has 1 saturated carbocycles. The highest BCUT2D eigenvalue weighted by Gasteiger charge is 2.37. The number of hydrogen-bond donors (Lipinski definition) is 1. The first-order chi connectivity index (χ1) is 7.81. The lowest BCUT2D eigenvalue weighted by Gasteiger charge is -2.36. The maximum atomic E-state index is 8.82. The number of fused-ring (bicyclic) bond motifs is 1. The van der Waals surface area contributed by atoms with Gasteiger partial charge in [-0.2, -0.15) is 5.26 Å². The number of nitrogens with one attached hydrogen (secondary N) is 1. The van der Waals surface area contributed by atoms with E-state index in [0.29, 0.717) is 5.56 Å². The van der Waals surface area contributed by atoms with Gasteiger partial charge in [-0.25, -0.2) is 0 Å². The van der Waals surface area contributed by atoms with Crippen LogP contribution in [-0.2, 0) is 0 Å². The summed E-state index contributed by atoms with van der Waals surface area (Å²) < 4.78 is 5.79. The molecule has 16 heavy (non-hydrogen) atoms. The van der Waals surface area contributed by atoms with Gasteiger partial charge in [0.15, 0.2) is 0 Å². The Morgan fingerprint density at radius 1 is 1.31 bits per heavy atom. The van der Waals surface area contributed by atoms with E-state index in [9.17, 15) is 0 Å². The minimum Gasteiger partial charge on any atom is -0.489 e. The molecule has 0 atom stereocenters. The summed E-state index contributed by atoms with van der Waals surface area (Å²) in [7, 11) is 0. The van der Waals surface area contributed by atoms with E-state index in [0.717, 1.165) is 18.0 Å². The number of nitriles is 1. The summed E-state index contributed by atoms with van der Waals surface area (Å²) in [5.41, 5.74) is 1.84. The van der Waals surface area contributed by atoms with Gasteiger partial charge in [-0.05, 0) is 25.0 Å². The van der Waals surface area contributed by atoms with Crippen LogP contribution in [0.4, 0.5) is 5.69 Å². The van der Waals surface area contributed by atoms with Crippen LogP contribution in [0.2, 0.25) is 0 Å². The quantitative estimate of drug-likeness (QED) is 0.722. The zero-order valence-electron chi connectivity index (χ0n) is 9.12. The number of benzene rings is 1. The third kappa shape index (κ3) is 1.42. The Morgan fingerprint density at radius 3 is 2.88 bits per heavy atom. The molecule has 1 spiro atoms. The largest absolute Gasteiger partial charge is 0.489 e. The molecule has 2 aliphatic rings. The van der Waals surface area contributed by atoms with Crippen molar-refractivity contribution in [2.45, 2.75) is 31.2 Å². The monoisotopic (exact) mass is 214 g/mol. The Hall–Kier alpha value is -1.69. The normalized spacial score (nSPS) is 20.7. The minimum atomic E-state index is 0.154. The van der Waals surface area contributed by atoms with Crippen LogP contribution in [-0.4, -0.2) is 12.1 Å². The van der Waals surface area contributed by atoms with Crippen molar-refractivity contribution >= 4 is 5.69 Å². The van der Waals surface area contributed by atoms with Crippen LogP contribution in [0.3, 0.4) is 0 Å². The molecule has 82 valence electrons. The zero-order chi connectivity index (χ0) is 11.0. The van der Waals surface area contributed by atoms with E-state index in [1.54, 1.807) is 0 Å². The molecule has 0 saturated heterocycles. The van der Waals surface area contributed by atoms with Gasteiger partial charge in [0.1, 0.15) is 12.4 Å². The highest BCUT2D eigenvalue weighted by molar-refractivity contribution is 5.62. The van der Waals surface area contributed by atoms with E-state index >= 15 is 0 Å². The van der Waals surface area contributed by atoms with Crippen molar-refractivity contribution in [3.05, 3.63) is 23.8 Å². The molecule has 3 heteroatoms. The van der Waals surface area contributed by atoms with Crippen LogP contribution >= 0.6 is 0 Å². The van der Waals surface area contributed by atoms with Crippen LogP contribution < -0.4 is 10.1 Å². The average molecular weight is 214 g/mol. The molecule has 0 radical (unpaired) electrons. The summed E-state index contributed by atoms with van der Waals surface area (Å²) in [5.74, 6) is 0.816. The van der Waals surface area contributed by atoms with Crippen LogP contribution in [0, 0.1) is 11.3 Å². The molecule has 1 heterocycles. The van der Waals surface area contributed by atoms with Gasteiger partial charge < -0.3 is 10.1 Å². The van der Waals surface area contributed by atoms with Gasteiger partial charge in [0.25, 0.3) is 0 Å². The van der Waals surface area contributed by atoms with Crippen LogP contribution in [0.25, 0.3) is 0 Å². The zero-order valence-corrected chi connectivity index (χ0v) is 9.12. The summed E-state index contributed by atoms with van der Waals surface area (Å²) in [6.45, 7) is 0.731. The van der Waals surface area contributed by atoms with Crippen LogP contribution in [0.15, 0.2) is 18.2 Å². The second-order valence-corrected chi connectivity index (χ2v) is 4.72. The van der Waals surface area contributed by atoms with Gasteiger partial charge in [-0.3, -0.25) is 0 Å². The highest BCUT2D eigenvalue weighted by Crippen LogP contribution is 2.40. The van der Waals surface area contributed by atoms with Gasteiger partial charge >= 0.3 is 0 Å². The predicted molar refractivity (Wildman–Crippen MR) is 61.5 cm³/mol. The number of ether oxygens (including phenoxy) is 1. The fourth-order valence-electron chi connectivity index (χ4n) is 2.67. The molecule has 1 aliphatic carbocycles. The van der Waals surface area contributed by atoms with Gasteiger partial charge in [0.05, 0.1) is 22.9 Å². The summed E-state index contributed by atoms with van der Waals surface area (Å²) in [6.07, 6.45) is 4.93. The third-order valence-corrected chi connectivity index (χ3v) is 3.58. The smallest absolute Gasteiger partial charge is 0.143 e. The van der Waals surface area contributed by atoms with Crippen molar-refractivity contribution in [3.8, 4) is 11.8 Å². The fourth-order valence-corrected chi connectivity index (χ4v) is 2.67. The molecule has 0 unspecified atom stereocenters. The maximum Gasteiger partial charge on any atom is 0.143 e. The van der Waals surface area contributed by atoms with E-state index in [1.165, 1.54) is 25.7 Å². The summed E-state index contributed by atoms with van der Waals surface area (Å²) in [4.78, 5) is 0. The number of rotatable bonds is 0. The lowest BCUT2D eigenvalue weighted by molar-refractivity contribution is 0.221. The molecule has 1 fully saturated rings. The summed E-state index contributed by atoms with van der Waals surface area (Å²) in [6, 6.07) is 7.73. The van der Waals surface area contributed by atoms with E-state index in [4.69, 9.17) is 10.00 Å². The molecule has 0 bridgehead atoms. The topological polar surface area (TPSA) is 45.0 Å². The molecule has 1 aromatic carbocycles. The predicted octanol–water partition coefficient (Wildman–Crippen LogP) is 2.68. The first-order valence-corrected chi connectivity index (χ1v) is 5.77. The molecule has 0 aromatic heterocycles. The Morgan fingerprint density at radius 2 is 2.12 bits per heavy atom. The van der Waals surface area contributed by atoms with Crippen LogP contribution in [0.5, 0.6) is 5.75 Å². The minimum absolute atomic E-state index is 0.154. The SMILES string of the molecule is N#Cc1ccc2c(c1)OCC1(CCCC1)N2. The summed E-state index contributed by atoms with van der Waals surface area (Å²) in [5, 5.41) is 12.4. The van der Waals surface area contributed by atoms with E-state index < -0.39 is 0 Å². The van der Waals surface area contributed by atoms with Crippen molar-refractivity contribution in [1.82, 2.24) is 0 Å². The van der Waals surface area contributed by atoms with Crippen molar-refractivity contribution in [1.29, 1.82) is 5.26 Å². The van der Waals surface area contributed by atoms with E-state index in [-0.39, 0.29) is 5.54 Å². The lowest BCUT2D eigenvalue weighted by atomic mass is 9.96. The van der Waals surface area contributed by atoms with Crippen molar-refractivity contribution in [2.24, 2.45) is 0 Å². The lowest BCUT2D eigenvalue weighted by Crippen LogP contribution is -2.44. The number of anilines is 1. The highest BCUT2D eigenvalue weighted by atomic mass is 16.5. The Labute approximate surface area is 95.0 Å². The van der Waals surface area contributed by atoms with Crippen molar-refractivity contribution in [3.63, 3.8) is 0 Å². The average Bonchev–Trinajstić information content (AvgIpc) is 2.77. The van der Waals surface area contributed by atoms with Crippen molar-refractivity contribution in [2.75, 3.05) is 11.9 Å². The van der Waals surface area contributed by atoms with Crippen LogP contribution in [0.1, 0.15) is 31.2 Å². The Balaban J connectivity index is 1.93. The van der Waals surface area contributed by atoms with Gasteiger partial charge in [-0.15, -0.1) is 0 Å². The number of hydrogen-bond acceptors (Lipinski definition) is 3. The first kappa shape index (κ1) is 9.53. The third-order valence-electron chi connectivity index (χ3n) is 3.58. The van der Waals surface area contributed by atoms with Gasteiger partial charge in [0, 0.05) is 6.07 Å². The standard InChI is InChI=1S/C13H14N2O/c14-8-10-3-4-11-12(7-10)16-9-13(15-11)5-1-2-6-13/h3-4,7,15H,1-2,5-6,9H2. The second-order valence-electron chi connectivity index (χ2n) is 4.72. The van der Waals surface area contributed by atoms with E-state index in [2.05, 4.69) is 11.4 Å². The maximum absolute atomic E-state index is 8.82. The van der Waals surface area contributed by atoms with E-state index in [1.807, 2.05) is 18.2 Å². The summed E-state index contributed by atoms with van der Waals surface area (Å²) >= 11 is 0. The molecule has 3 rings (SSSR count). The fraction of sp³-hybridized carbons (Fsp3) is 0.462. The first-order valence-electron chi connectivity index (χ1n) is 5.77. The second kappa shape index (κ2) is 3.41. The molecular formula is C13H14N2O. The Bertz CT molecular complexity index is 455. The van der Waals surface area contributed by atoms with Gasteiger partial charge in [0.2, 0.25) is 0 Å². The molecule has 1 aliphatic heterocycles. The van der Waals surface area contributed by atoms with Gasteiger partial charge in [-0.1, -0.05) is 12.8 Å². The molecule has 1 aromatic rings. The van der Waals surface area contributed by atoms with Crippen molar-refractivity contribution < 1.29 is 4.74 Å².